The van der Waals surface area contributed by atoms with E-state index in [0.29, 0.717) is 30.1 Å². The lowest BCUT2D eigenvalue weighted by Gasteiger charge is -2.03. The fraction of sp³-hybridized carbons (Fsp3) is 0.111. The molecule has 0 radical (unpaired) electrons. The highest BCUT2D eigenvalue weighted by atomic mass is 19.1. The molecule has 0 unspecified atom stereocenters. The van der Waals surface area contributed by atoms with Crippen LogP contribution in [0.5, 0.6) is 0 Å². The van der Waals surface area contributed by atoms with Gasteiger partial charge in [0.05, 0.1) is 5.56 Å². The van der Waals surface area contributed by atoms with Gasteiger partial charge in [-0.2, -0.15) is 0 Å². The molecule has 0 aliphatic rings. The Balaban J connectivity index is 1.60. The summed E-state index contributed by atoms with van der Waals surface area (Å²) in [5, 5.41) is 2.76. The van der Waals surface area contributed by atoms with Gasteiger partial charge in [0, 0.05) is 12.2 Å². The Kier molecular flexibility index (Phi) is 4.56. The van der Waals surface area contributed by atoms with E-state index in [1.807, 2.05) is 12.1 Å². The number of benzene rings is 2. The van der Waals surface area contributed by atoms with Crippen molar-refractivity contribution >= 4 is 11.6 Å². The van der Waals surface area contributed by atoms with Crippen molar-refractivity contribution in [2.24, 2.45) is 0 Å². The summed E-state index contributed by atoms with van der Waals surface area (Å²) in [6.07, 6.45) is 1.90. The predicted octanol–water partition coefficient (Wildman–Crippen LogP) is 3.04. The van der Waals surface area contributed by atoms with Crippen LogP contribution >= 0.6 is 0 Å². The zero-order chi connectivity index (χ0) is 16.9. The summed E-state index contributed by atoms with van der Waals surface area (Å²) in [5.74, 6) is -0.309. The average Bonchev–Trinajstić information content (AvgIpc) is 3.07. The summed E-state index contributed by atoms with van der Waals surface area (Å²) >= 11 is 0. The van der Waals surface area contributed by atoms with Gasteiger partial charge in [0.15, 0.2) is 5.69 Å². The smallest absolute Gasteiger partial charge is 0.273 e. The number of hydrogen-bond donors (Lipinski definition) is 2. The summed E-state index contributed by atoms with van der Waals surface area (Å²) < 4.78 is 18.2. The van der Waals surface area contributed by atoms with Crippen LogP contribution in [0.4, 0.5) is 10.1 Å². The number of halogens is 1. The van der Waals surface area contributed by atoms with E-state index in [4.69, 9.17) is 10.2 Å². The molecule has 1 heterocycles. The Morgan fingerprint density at radius 1 is 1.17 bits per heavy atom. The molecule has 3 N–H and O–H groups in total. The number of nitrogen functional groups attached to an aromatic ring is 1. The van der Waals surface area contributed by atoms with Crippen molar-refractivity contribution in [2.45, 2.75) is 6.42 Å². The number of hydrogen-bond acceptors (Lipinski definition) is 4. The van der Waals surface area contributed by atoms with E-state index in [-0.39, 0.29) is 17.4 Å². The number of nitrogens with two attached hydrogens (primary N) is 1. The van der Waals surface area contributed by atoms with E-state index < -0.39 is 0 Å². The summed E-state index contributed by atoms with van der Waals surface area (Å²) in [7, 11) is 0. The van der Waals surface area contributed by atoms with Crippen molar-refractivity contribution in [3.05, 3.63) is 71.9 Å². The van der Waals surface area contributed by atoms with Crippen molar-refractivity contribution in [1.29, 1.82) is 0 Å². The first-order valence-corrected chi connectivity index (χ1v) is 7.46. The zero-order valence-electron chi connectivity index (χ0n) is 12.8. The second-order valence-electron chi connectivity index (χ2n) is 5.26. The van der Waals surface area contributed by atoms with Crippen molar-refractivity contribution < 1.29 is 13.6 Å². The lowest BCUT2D eigenvalue weighted by molar-refractivity contribution is 0.0949. The van der Waals surface area contributed by atoms with E-state index in [1.54, 1.807) is 24.3 Å². The molecule has 0 saturated heterocycles. The minimum atomic E-state index is -0.332. The van der Waals surface area contributed by atoms with Gasteiger partial charge >= 0.3 is 0 Å². The maximum atomic E-state index is 12.8. The number of nitrogens with zero attached hydrogens (tertiary/aromatic N) is 1. The predicted molar refractivity (Wildman–Crippen MR) is 88.8 cm³/mol. The molecule has 0 bridgehead atoms. The highest BCUT2D eigenvalue weighted by molar-refractivity contribution is 5.92. The number of rotatable bonds is 5. The van der Waals surface area contributed by atoms with Gasteiger partial charge in [-0.15, -0.1) is 0 Å². The second kappa shape index (κ2) is 6.95. The number of para-hydroxylation sites is 1. The lowest BCUT2D eigenvalue weighted by atomic mass is 10.1. The van der Waals surface area contributed by atoms with Crippen LogP contribution in [-0.2, 0) is 6.42 Å². The summed E-state index contributed by atoms with van der Waals surface area (Å²) in [6.45, 7) is 0.417. The first kappa shape index (κ1) is 15.7. The van der Waals surface area contributed by atoms with Crippen LogP contribution in [0.2, 0.25) is 0 Å². The van der Waals surface area contributed by atoms with Crippen LogP contribution in [0.15, 0.2) is 59.2 Å². The van der Waals surface area contributed by atoms with Crippen molar-refractivity contribution in [1.82, 2.24) is 10.3 Å². The maximum Gasteiger partial charge on any atom is 0.273 e. The molecule has 0 spiro atoms. The van der Waals surface area contributed by atoms with Gasteiger partial charge in [0.1, 0.15) is 12.1 Å². The highest BCUT2D eigenvalue weighted by Gasteiger charge is 2.14. The number of carbonyl (C=O) groups is 1. The average molecular weight is 325 g/mol. The van der Waals surface area contributed by atoms with Crippen LogP contribution in [-0.4, -0.2) is 17.4 Å². The van der Waals surface area contributed by atoms with Gasteiger partial charge in [0.2, 0.25) is 5.89 Å². The van der Waals surface area contributed by atoms with Crippen LogP contribution < -0.4 is 11.1 Å². The largest absolute Gasteiger partial charge is 0.444 e. The summed E-state index contributed by atoms with van der Waals surface area (Å²) in [6, 6.07) is 13.3. The van der Waals surface area contributed by atoms with Crippen molar-refractivity contribution in [3.8, 4) is 11.5 Å². The Morgan fingerprint density at radius 3 is 2.67 bits per heavy atom. The number of anilines is 1. The molecule has 24 heavy (non-hydrogen) atoms. The molecule has 5 nitrogen and oxygen atoms in total. The number of oxazole rings is 1. The molecule has 122 valence electrons. The molecular formula is C18H16FN3O2. The Morgan fingerprint density at radius 2 is 1.92 bits per heavy atom. The molecule has 0 aliphatic heterocycles. The molecule has 6 heteroatoms. The zero-order valence-corrected chi connectivity index (χ0v) is 12.8. The second-order valence-corrected chi connectivity index (χ2v) is 5.26. The highest BCUT2D eigenvalue weighted by Crippen LogP contribution is 2.24. The Labute approximate surface area is 138 Å². The van der Waals surface area contributed by atoms with Crippen LogP contribution in [0.25, 0.3) is 11.5 Å². The van der Waals surface area contributed by atoms with E-state index >= 15 is 0 Å². The van der Waals surface area contributed by atoms with E-state index in [1.165, 1.54) is 18.4 Å². The minimum Gasteiger partial charge on any atom is -0.444 e. The van der Waals surface area contributed by atoms with Gasteiger partial charge in [-0.3, -0.25) is 4.79 Å². The lowest BCUT2D eigenvalue weighted by Crippen LogP contribution is -2.25. The molecule has 0 atom stereocenters. The number of amides is 1. The van der Waals surface area contributed by atoms with E-state index in [9.17, 15) is 9.18 Å². The molecular weight excluding hydrogens is 309 g/mol. The van der Waals surface area contributed by atoms with Crippen LogP contribution in [0.3, 0.4) is 0 Å². The standard InChI is InChI=1S/C18H16FN3O2/c19-13-7-5-12(6-8-13)9-10-21-17(23)16-11-24-18(22-16)14-3-1-2-4-15(14)20/h1-8,11H,9-10,20H2,(H,21,23). The first-order chi connectivity index (χ1) is 11.6. The quantitative estimate of drug-likeness (QED) is 0.707. The van der Waals surface area contributed by atoms with Crippen molar-refractivity contribution in [2.75, 3.05) is 12.3 Å². The summed E-state index contributed by atoms with van der Waals surface area (Å²) in [5.41, 5.74) is 8.16. The molecule has 1 amide bonds. The minimum absolute atomic E-state index is 0.187. The van der Waals surface area contributed by atoms with E-state index in [2.05, 4.69) is 10.3 Å². The molecule has 3 aromatic rings. The summed E-state index contributed by atoms with van der Waals surface area (Å²) in [4.78, 5) is 16.3. The third-order valence-electron chi connectivity index (χ3n) is 3.54. The van der Waals surface area contributed by atoms with Gasteiger partial charge in [-0.05, 0) is 36.2 Å². The van der Waals surface area contributed by atoms with E-state index in [0.717, 1.165) is 5.56 Å². The fourth-order valence-electron chi connectivity index (χ4n) is 2.26. The molecule has 3 rings (SSSR count). The van der Waals surface area contributed by atoms with Gasteiger partial charge in [-0.25, -0.2) is 9.37 Å². The topological polar surface area (TPSA) is 81.1 Å². The molecule has 0 fully saturated rings. The molecule has 0 aliphatic carbocycles. The SMILES string of the molecule is Nc1ccccc1-c1nc(C(=O)NCCc2ccc(F)cc2)co1. The first-order valence-electron chi connectivity index (χ1n) is 7.46. The number of aromatic nitrogens is 1. The number of nitrogens with one attached hydrogen (secondary N) is 1. The van der Waals surface area contributed by atoms with Gasteiger partial charge in [-0.1, -0.05) is 24.3 Å². The monoisotopic (exact) mass is 325 g/mol. The molecule has 2 aromatic carbocycles. The molecule has 1 aromatic heterocycles. The normalized spacial score (nSPS) is 10.5. The van der Waals surface area contributed by atoms with Gasteiger partial charge in [0.25, 0.3) is 5.91 Å². The van der Waals surface area contributed by atoms with Crippen LogP contribution in [0, 0.1) is 5.82 Å². The fourth-order valence-corrected chi connectivity index (χ4v) is 2.26. The Hall–Kier alpha value is -3.15. The van der Waals surface area contributed by atoms with Crippen molar-refractivity contribution in [3.63, 3.8) is 0 Å². The van der Waals surface area contributed by atoms with Gasteiger partial charge < -0.3 is 15.5 Å². The molecule has 0 saturated carbocycles. The Bertz CT molecular complexity index is 843. The third-order valence-corrected chi connectivity index (χ3v) is 3.54. The maximum absolute atomic E-state index is 12.8. The number of carbonyl (C=O) groups excluding carboxylic acids is 1. The van der Waals surface area contributed by atoms with Crippen LogP contribution in [0.1, 0.15) is 16.1 Å². The third kappa shape index (κ3) is 3.60.